The second-order valence-electron chi connectivity index (χ2n) is 7.23. The Balaban J connectivity index is 1.98. The maximum Gasteiger partial charge on any atom is 0.343 e. The van der Waals surface area contributed by atoms with Gasteiger partial charge in [0.25, 0.3) is 0 Å². The second-order valence-corrected chi connectivity index (χ2v) is 7.23. The van der Waals surface area contributed by atoms with Gasteiger partial charge in [0.15, 0.2) is 5.78 Å². The SMILES string of the molecule is CC(C)=CCc1cc(C(=O)Cc2c(O)c3ccc(O)c(C)c3oc2=O)ccc1O. The normalized spacial score (nSPS) is 10.9. The van der Waals surface area contributed by atoms with Crippen LogP contribution in [0.3, 0.4) is 0 Å². The summed E-state index contributed by atoms with van der Waals surface area (Å²) in [4.78, 5) is 25.1. The highest BCUT2D eigenvalue weighted by molar-refractivity contribution is 5.99. The molecule has 150 valence electrons. The lowest BCUT2D eigenvalue weighted by Gasteiger charge is -2.09. The van der Waals surface area contributed by atoms with Crippen LogP contribution in [-0.2, 0) is 12.8 Å². The molecule has 0 spiro atoms. The molecule has 3 rings (SSSR count). The molecule has 6 nitrogen and oxygen atoms in total. The van der Waals surface area contributed by atoms with Crippen LogP contribution in [0.15, 0.2) is 51.2 Å². The third kappa shape index (κ3) is 4.01. The zero-order chi connectivity index (χ0) is 21.3. The minimum atomic E-state index is -0.833. The van der Waals surface area contributed by atoms with Gasteiger partial charge in [-0.15, -0.1) is 0 Å². The van der Waals surface area contributed by atoms with Gasteiger partial charge in [-0.3, -0.25) is 4.79 Å². The monoisotopic (exact) mass is 394 g/mol. The van der Waals surface area contributed by atoms with Crippen LogP contribution in [-0.4, -0.2) is 21.1 Å². The molecule has 0 atom stereocenters. The Morgan fingerprint density at radius 2 is 1.76 bits per heavy atom. The number of Topliss-reactive ketones (excluding diaryl/α,β-unsaturated/α-hetero) is 1. The van der Waals surface area contributed by atoms with Crippen molar-refractivity contribution >= 4 is 16.8 Å². The maximum absolute atomic E-state index is 12.7. The first-order valence-corrected chi connectivity index (χ1v) is 9.14. The molecule has 6 heteroatoms. The Hall–Kier alpha value is -3.54. The molecule has 3 aromatic rings. The highest BCUT2D eigenvalue weighted by atomic mass is 16.4. The number of aromatic hydroxyl groups is 3. The standard InChI is InChI=1S/C23H22O6/c1-12(2)4-5-14-10-15(6-8-19(14)25)20(26)11-17-21(27)16-7-9-18(24)13(3)22(16)29-23(17)28/h4,6-10,24-25,27H,5,11H2,1-3H3. The molecule has 0 aliphatic rings. The lowest BCUT2D eigenvalue weighted by Crippen LogP contribution is -2.14. The fourth-order valence-electron chi connectivity index (χ4n) is 3.07. The van der Waals surface area contributed by atoms with Crippen LogP contribution in [0, 0.1) is 6.92 Å². The van der Waals surface area contributed by atoms with Crippen LogP contribution in [0.2, 0.25) is 0 Å². The molecular weight excluding hydrogens is 372 g/mol. The summed E-state index contributed by atoms with van der Waals surface area (Å²) in [6.45, 7) is 5.44. The largest absolute Gasteiger partial charge is 0.508 e. The van der Waals surface area contributed by atoms with Crippen molar-refractivity contribution < 1.29 is 24.5 Å². The molecular formula is C23H22O6. The zero-order valence-electron chi connectivity index (χ0n) is 16.4. The first-order chi connectivity index (χ1) is 13.7. The first-order valence-electron chi connectivity index (χ1n) is 9.14. The number of fused-ring (bicyclic) bond motifs is 1. The maximum atomic E-state index is 12.7. The molecule has 1 aromatic heterocycles. The number of ketones is 1. The van der Waals surface area contributed by atoms with Gasteiger partial charge in [-0.05, 0) is 63.1 Å². The van der Waals surface area contributed by atoms with Crippen LogP contribution < -0.4 is 5.63 Å². The van der Waals surface area contributed by atoms with E-state index in [-0.39, 0.29) is 46.0 Å². The van der Waals surface area contributed by atoms with Gasteiger partial charge in [0.05, 0.1) is 10.9 Å². The van der Waals surface area contributed by atoms with E-state index < -0.39 is 5.63 Å². The number of carbonyl (C=O) groups is 1. The summed E-state index contributed by atoms with van der Waals surface area (Å²) in [7, 11) is 0. The Bertz CT molecular complexity index is 1200. The predicted octanol–water partition coefficient (Wildman–Crippen LogP) is 4.15. The molecule has 0 amide bonds. The molecule has 1 heterocycles. The highest BCUT2D eigenvalue weighted by Gasteiger charge is 2.20. The van der Waals surface area contributed by atoms with Crippen molar-refractivity contribution in [3.63, 3.8) is 0 Å². The van der Waals surface area contributed by atoms with Crippen molar-refractivity contribution in [3.05, 3.63) is 74.7 Å². The van der Waals surface area contributed by atoms with Gasteiger partial charge in [0, 0.05) is 17.5 Å². The summed E-state index contributed by atoms with van der Waals surface area (Å²) in [6.07, 6.45) is 2.06. The van der Waals surface area contributed by atoms with Crippen LogP contribution in [0.4, 0.5) is 0 Å². The van der Waals surface area contributed by atoms with Gasteiger partial charge in [-0.25, -0.2) is 4.79 Å². The summed E-state index contributed by atoms with van der Waals surface area (Å²) < 4.78 is 5.25. The summed E-state index contributed by atoms with van der Waals surface area (Å²) >= 11 is 0. The zero-order valence-corrected chi connectivity index (χ0v) is 16.4. The van der Waals surface area contributed by atoms with Gasteiger partial charge >= 0.3 is 5.63 Å². The number of rotatable bonds is 5. The highest BCUT2D eigenvalue weighted by Crippen LogP contribution is 2.33. The lowest BCUT2D eigenvalue weighted by atomic mass is 9.98. The lowest BCUT2D eigenvalue weighted by molar-refractivity contribution is 0.0991. The van der Waals surface area contributed by atoms with Gasteiger partial charge in [0.2, 0.25) is 0 Å². The van der Waals surface area contributed by atoms with Crippen LogP contribution in [0.5, 0.6) is 17.2 Å². The quantitative estimate of drug-likeness (QED) is 0.341. The molecule has 0 radical (unpaired) electrons. The molecule has 2 aromatic carbocycles. The molecule has 29 heavy (non-hydrogen) atoms. The van der Waals surface area contributed by atoms with Crippen LogP contribution in [0.1, 0.15) is 40.9 Å². The minimum Gasteiger partial charge on any atom is -0.508 e. The van der Waals surface area contributed by atoms with Crippen molar-refractivity contribution in [2.24, 2.45) is 0 Å². The van der Waals surface area contributed by atoms with E-state index in [4.69, 9.17) is 4.42 Å². The number of allylic oxidation sites excluding steroid dienone is 2. The molecule has 0 aliphatic carbocycles. The van der Waals surface area contributed by atoms with Crippen LogP contribution >= 0.6 is 0 Å². The summed E-state index contributed by atoms with van der Waals surface area (Å²) in [5.74, 6) is -0.698. The van der Waals surface area contributed by atoms with Gasteiger partial charge < -0.3 is 19.7 Å². The van der Waals surface area contributed by atoms with Crippen LogP contribution in [0.25, 0.3) is 11.0 Å². The first kappa shape index (κ1) is 20.2. The topological polar surface area (TPSA) is 108 Å². The van der Waals surface area contributed by atoms with E-state index in [9.17, 15) is 24.9 Å². The van der Waals surface area contributed by atoms with E-state index in [1.165, 1.54) is 24.3 Å². The molecule has 0 saturated heterocycles. The van der Waals surface area contributed by atoms with Crippen molar-refractivity contribution in [3.8, 4) is 17.2 Å². The predicted molar refractivity (Wildman–Crippen MR) is 110 cm³/mol. The molecule has 0 bridgehead atoms. The minimum absolute atomic E-state index is 0.0585. The third-order valence-corrected chi connectivity index (χ3v) is 4.83. The molecule has 0 saturated carbocycles. The Morgan fingerprint density at radius 1 is 1.07 bits per heavy atom. The molecule has 0 fully saturated rings. The van der Waals surface area contributed by atoms with E-state index in [1.807, 2.05) is 19.9 Å². The number of phenols is 2. The van der Waals surface area contributed by atoms with E-state index in [0.717, 1.165) is 5.57 Å². The van der Waals surface area contributed by atoms with Gasteiger partial charge in [-0.2, -0.15) is 0 Å². The van der Waals surface area contributed by atoms with E-state index in [2.05, 4.69) is 0 Å². The fourth-order valence-corrected chi connectivity index (χ4v) is 3.07. The average molecular weight is 394 g/mol. The summed E-state index contributed by atoms with van der Waals surface area (Å²) in [6, 6.07) is 7.32. The van der Waals surface area contributed by atoms with E-state index >= 15 is 0 Å². The smallest absolute Gasteiger partial charge is 0.343 e. The molecule has 0 aliphatic heterocycles. The van der Waals surface area contributed by atoms with E-state index in [0.29, 0.717) is 23.1 Å². The Kier molecular flexibility index (Phi) is 5.46. The molecule has 3 N–H and O–H groups in total. The Labute approximate surface area is 167 Å². The second kappa shape index (κ2) is 7.83. The van der Waals surface area contributed by atoms with Crippen molar-refractivity contribution in [1.29, 1.82) is 0 Å². The third-order valence-electron chi connectivity index (χ3n) is 4.83. The summed E-state index contributed by atoms with van der Waals surface area (Å²) in [5.41, 5.74) is 1.43. The van der Waals surface area contributed by atoms with Crippen molar-refractivity contribution in [2.45, 2.75) is 33.6 Å². The van der Waals surface area contributed by atoms with E-state index in [1.54, 1.807) is 13.0 Å². The van der Waals surface area contributed by atoms with Crippen molar-refractivity contribution in [1.82, 2.24) is 0 Å². The number of carbonyl (C=O) groups excluding carboxylic acids is 1. The fraction of sp³-hybridized carbons (Fsp3) is 0.217. The number of aryl methyl sites for hydroxylation is 1. The average Bonchev–Trinajstić information content (AvgIpc) is 2.67. The number of benzene rings is 2. The van der Waals surface area contributed by atoms with Gasteiger partial charge in [0.1, 0.15) is 22.8 Å². The number of phenolic OH excluding ortho intramolecular Hbond substituents is 2. The van der Waals surface area contributed by atoms with Gasteiger partial charge in [-0.1, -0.05) is 11.6 Å². The number of hydrogen-bond donors (Lipinski definition) is 3. The number of hydrogen-bond acceptors (Lipinski definition) is 6. The Morgan fingerprint density at radius 3 is 2.45 bits per heavy atom. The molecule has 0 unspecified atom stereocenters. The summed E-state index contributed by atoms with van der Waals surface area (Å²) in [5, 5.41) is 30.6. The van der Waals surface area contributed by atoms with Crippen molar-refractivity contribution in [2.75, 3.05) is 0 Å².